The van der Waals surface area contributed by atoms with Crippen LogP contribution in [0.3, 0.4) is 0 Å². The lowest BCUT2D eigenvalue weighted by atomic mass is 9.99. The summed E-state index contributed by atoms with van der Waals surface area (Å²) in [5, 5.41) is 50.7. The van der Waals surface area contributed by atoms with E-state index < -0.39 is 114 Å². The quantitative estimate of drug-likeness (QED) is 0.0373. The Balaban J connectivity index is 5.81. The minimum atomic E-state index is -1.45. The summed E-state index contributed by atoms with van der Waals surface area (Å²) in [6.07, 6.45) is -1.70. The summed E-state index contributed by atoms with van der Waals surface area (Å²) in [6, 6.07) is -8.74. The molecule has 0 bridgehead atoms. The summed E-state index contributed by atoms with van der Waals surface area (Å²) in [7, 11) is 0. The summed E-state index contributed by atoms with van der Waals surface area (Å²) < 4.78 is 0. The molecular weight excluding hydrogens is 815 g/mol. The molecule has 10 atom stereocenters. The molecular formula is C40H75N9O11S. The number of carboxylic acids is 1. The molecule has 0 spiro atoms. The van der Waals surface area contributed by atoms with E-state index >= 15 is 0 Å². The molecule has 0 fully saturated rings. The van der Waals surface area contributed by atoms with Gasteiger partial charge in [0.15, 0.2) is 0 Å². The normalized spacial score (nSPS) is 16.5. The van der Waals surface area contributed by atoms with Gasteiger partial charge in [0.05, 0.1) is 18.8 Å². The molecule has 0 aliphatic rings. The molecule has 0 aliphatic carbocycles. The highest BCUT2D eigenvalue weighted by atomic mass is 32.1. The third-order valence-electron chi connectivity index (χ3n) is 9.44. The van der Waals surface area contributed by atoms with Crippen molar-refractivity contribution in [2.45, 2.75) is 162 Å². The topological polar surface area (TPSA) is 320 Å². The zero-order valence-corrected chi connectivity index (χ0v) is 38.6. The maximum Gasteiger partial charge on any atom is 0.320 e. The number of amides is 7. The third-order valence-corrected chi connectivity index (χ3v) is 9.70. The van der Waals surface area contributed by atoms with Crippen LogP contribution in [0, 0.1) is 23.7 Å². The predicted molar refractivity (Wildman–Crippen MR) is 233 cm³/mol. The van der Waals surface area contributed by atoms with E-state index in [2.05, 4.69) is 55.2 Å². The first kappa shape index (κ1) is 57.0. The largest absolute Gasteiger partial charge is 0.480 e. The molecule has 61 heavy (non-hydrogen) atoms. The number of nitrogens with one attached hydrogen (secondary N) is 8. The first-order valence-electron chi connectivity index (χ1n) is 21.0. The molecule has 21 heteroatoms. The van der Waals surface area contributed by atoms with E-state index in [1.807, 2.05) is 41.5 Å². The maximum absolute atomic E-state index is 13.7. The van der Waals surface area contributed by atoms with Crippen molar-refractivity contribution in [3.63, 3.8) is 0 Å². The highest BCUT2D eigenvalue weighted by molar-refractivity contribution is 7.80. The van der Waals surface area contributed by atoms with Crippen molar-refractivity contribution in [1.82, 2.24) is 42.5 Å². The Kier molecular flexibility index (Phi) is 26.6. The fraction of sp³-hybridized carbons (Fsp3) is 0.800. The lowest BCUT2D eigenvalue weighted by Crippen LogP contribution is -2.61. The molecule has 0 aromatic carbocycles. The second kappa shape index (κ2) is 28.5. The van der Waals surface area contributed by atoms with Gasteiger partial charge in [0.1, 0.15) is 42.3 Å². The van der Waals surface area contributed by atoms with E-state index in [1.165, 1.54) is 20.8 Å². The minimum absolute atomic E-state index is 0.0354. The van der Waals surface area contributed by atoms with Crippen LogP contribution in [0.4, 0.5) is 0 Å². The van der Waals surface area contributed by atoms with Gasteiger partial charge in [-0.15, -0.1) is 0 Å². The molecule has 13 N–H and O–H groups in total. The van der Waals surface area contributed by atoms with E-state index in [-0.39, 0.29) is 49.5 Å². The fourth-order valence-electron chi connectivity index (χ4n) is 6.02. The molecule has 0 unspecified atom stereocenters. The van der Waals surface area contributed by atoms with Crippen molar-refractivity contribution in [2.24, 2.45) is 29.4 Å². The number of rotatable bonds is 29. The maximum atomic E-state index is 13.7. The standard InChI is InChI=1S/C40H75N9O11S/c1-19(2)14-27(46-30(52)18-43-34(53)23(9)44-35(54)28(15-20(3)4)48-38(57)31(41)24(10)50)36(55)47-29(16-21(5)6)37(56)49-33(25(11)51)39(58)45-26(12-13-61)17-42-32(22(7)8)40(59)60/h19-29,31-33,42,50-51,61H,12-18,41H2,1-11H3,(H,43,53)(H,44,54)(H,45,58)(H,46,52)(H,47,55)(H,48,57)(H,49,56)(H,59,60)/t23-,24+,25+,26+,27-,28-,29-,31-,32-,33-/m0/s1. The monoisotopic (exact) mass is 890 g/mol. The molecule has 0 saturated carbocycles. The first-order valence-corrected chi connectivity index (χ1v) is 21.6. The van der Waals surface area contributed by atoms with Crippen LogP contribution in [-0.2, 0) is 38.4 Å². The van der Waals surface area contributed by atoms with E-state index in [1.54, 1.807) is 13.8 Å². The van der Waals surface area contributed by atoms with Crippen molar-refractivity contribution >= 4 is 59.9 Å². The van der Waals surface area contributed by atoms with Gasteiger partial charge in [-0.05, 0) is 75.9 Å². The minimum Gasteiger partial charge on any atom is -0.480 e. The number of hydrogen-bond donors (Lipinski definition) is 13. The third kappa shape index (κ3) is 22.6. The molecule has 0 aromatic rings. The number of aliphatic carboxylic acids is 1. The van der Waals surface area contributed by atoms with E-state index in [0.717, 1.165) is 0 Å². The van der Waals surface area contributed by atoms with Crippen molar-refractivity contribution in [2.75, 3.05) is 18.8 Å². The highest BCUT2D eigenvalue weighted by Crippen LogP contribution is 2.11. The Morgan fingerprint density at radius 2 is 1.02 bits per heavy atom. The van der Waals surface area contributed by atoms with Crippen molar-refractivity contribution < 1.29 is 53.7 Å². The Morgan fingerprint density at radius 3 is 1.44 bits per heavy atom. The zero-order valence-electron chi connectivity index (χ0n) is 37.7. The Morgan fingerprint density at radius 1 is 0.557 bits per heavy atom. The number of carboxylic acid groups (broad SMARTS) is 1. The average Bonchev–Trinajstić information content (AvgIpc) is 3.13. The molecule has 0 aromatic heterocycles. The van der Waals surface area contributed by atoms with Crippen molar-refractivity contribution in [3.05, 3.63) is 0 Å². The summed E-state index contributed by atoms with van der Waals surface area (Å²) >= 11 is 4.24. The van der Waals surface area contributed by atoms with Crippen LogP contribution in [0.2, 0.25) is 0 Å². The highest BCUT2D eigenvalue weighted by Gasteiger charge is 2.34. The second-order valence-electron chi connectivity index (χ2n) is 17.3. The number of hydrogen-bond acceptors (Lipinski definition) is 13. The van der Waals surface area contributed by atoms with Crippen LogP contribution in [0.5, 0.6) is 0 Å². The summed E-state index contributed by atoms with van der Waals surface area (Å²) in [5.74, 6) is -6.32. The summed E-state index contributed by atoms with van der Waals surface area (Å²) in [5.41, 5.74) is 5.70. The van der Waals surface area contributed by atoms with Gasteiger partial charge in [0.25, 0.3) is 0 Å². The van der Waals surface area contributed by atoms with Gasteiger partial charge in [-0.25, -0.2) is 0 Å². The first-order chi connectivity index (χ1) is 28.2. The lowest BCUT2D eigenvalue weighted by molar-refractivity contribution is -0.140. The van der Waals surface area contributed by atoms with Crippen LogP contribution < -0.4 is 48.3 Å². The number of aliphatic hydroxyl groups excluding tert-OH is 2. The molecule has 20 nitrogen and oxygen atoms in total. The molecule has 0 heterocycles. The summed E-state index contributed by atoms with van der Waals surface area (Å²) in [6.45, 7) is 17.9. The fourth-order valence-corrected chi connectivity index (χ4v) is 6.33. The number of carbonyl (C=O) groups excluding carboxylic acids is 7. The Labute approximate surface area is 366 Å². The number of carbonyl (C=O) groups is 8. The van der Waals surface area contributed by atoms with Gasteiger partial charge in [0.2, 0.25) is 41.4 Å². The average molecular weight is 890 g/mol. The van der Waals surface area contributed by atoms with Gasteiger partial charge in [-0.2, -0.15) is 12.6 Å². The second-order valence-corrected chi connectivity index (χ2v) is 17.7. The van der Waals surface area contributed by atoms with Gasteiger partial charge in [-0.1, -0.05) is 55.4 Å². The van der Waals surface area contributed by atoms with Crippen LogP contribution in [0.1, 0.15) is 102 Å². The molecule has 7 amide bonds. The van der Waals surface area contributed by atoms with Gasteiger partial charge >= 0.3 is 5.97 Å². The zero-order chi connectivity index (χ0) is 47.3. The lowest BCUT2D eigenvalue weighted by Gasteiger charge is -2.29. The molecule has 0 radical (unpaired) electrons. The van der Waals surface area contributed by atoms with Gasteiger partial charge in [-0.3, -0.25) is 38.4 Å². The van der Waals surface area contributed by atoms with Crippen LogP contribution >= 0.6 is 12.6 Å². The van der Waals surface area contributed by atoms with Crippen LogP contribution in [-0.4, -0.2) is 142 Å². The molecule has 0 aliphatic heterocycles. The van der Waals surface area contributed by atoms with Crippen LogP contribution in [0.25, 0.3) is 0 Å². The molecule has 352 valence electrons. The van der Waals surface area contributed by atoms with Crippen molar-refractivity contribution in [1.29, 1.82) is 0 Å². The van der Waals surface area contributed by atoms with Gasteiger partial charge in [0, 0.05) is 12.6 Å². The van der Waals surface area contributed by atoms with E-state index in [0.29, 0.717) is 12.2 Å². The smallest absolute Gasteiger partial charge is 0.320 e. The number of aliphatic hydroxyl groups is 2. The Bertz CT molecular complexity index is 1450. The van der Waals surface area contributed by atoms with Crippen LogP contribution in [0.15, 0.2) is 0 Å². The van der Waals surface area contributed by atoms with E-state index in [4.69, 9.17) is 5.73 Å². The molecule has 0 saturated heterocycles. The van der Waals surface area contributed by atoms with Gasteiger partial charge < -0.3 is 63.6 Å². The number of nitrogens with two attached hydrogens (primary N) is 1. The molecule has 0 rings (SSSR count). The predicted octanol–water partition coefficient (Wildman–Crippen LogP) is -1.72. The number of thiol groups is 1. The Hall–Kier alpha value is -4.05. The summed E-state index contributed by atoms with van der Waals surface area (Å²) in [4.78, 5) is 104. The van der Waals surface area contributed by atoms with Crippen molar-refractivity contribution in [3.8, 4) is 0 Å². The van der Waals surface area contributed by atoms with E-state index in [9.17, 15) is 53.7 Å². The SMILES string of the molecule is CC(C)C[C@H](NC(=O)CNC(=O)[C@H](C)NC(=O)[C@H](CC(C)C)NC(=O)[C@@H](N)[C@@H](C)O)C(=O)N[C@@H](CC(C)C)C(=O)N[C@H](C(=O)N[C@H](CCS)CN[C@H](C(=O)O)C(C)C)[C@@H](C)O.